The average molecular weight is 397 g/mol. The van der Waals surface area contributed by atoms with Crippen LogP contribution in [0.2, 0.25) is 0 Å². The zero-order valence-corrected chi connectivity index (χ0v) is 15.7. The van der Waals surface area contributed by atoms with E-state index in [1.54, 1.807) is 0 Å². The lowest BCUT2D eigenvalue weighted by Crippen LogP contribution is -2.28. The largest absolute Gasteiger partial charge is 0.469 e. The molecule has 1 unspecified atom stereocenters. The van der Waals surface area contributed by atoms with E-state index in [2.05, 4.69) is 19.8 Å². The number of methoxy groups -OCH3 is 1. The maximum atomic E-state index is 12.3. The van der Waals surface area contributed by atoms with Gasteiger partial charge in [-0.25, -0.2) is 13.1 Å². The lowest BCUT2D eigenvalue weighted by atomic mass is 10.2. The number of hydrogen-bond donors (Lipinski definition) is 2. The molecule has 1 fully saturated rings. The second-order valence-electron chi connectivity index (χ2n) is 6.05. The van der Waals surface area contributed by atoms with E-state index in [1.165, 1.54) is 43.1 Å². The van der Waals surface area contributed by atoms with Gasteiger partial charge < -0.3 is 10.1 Å². The zero-order chi connectivity index (χ0) is 18.7. The number of sulfonamides is 1. The summed E-state index contributed by atoms with van der Waals surface area (Å²) >= 11 is 1.35. The smallest absolute Gasteiger partial charge is 0.307 e. The lowest BCUT2D eigenvalue weighted by Gasteiger charge is -2.07. The van der Waals surface area contributed by atoms with Gasteiger partial charge >= 0.3 is 5.97 Å². The van der Waals surface area contributed by atoms with Crippen molar-refractivity contribution in [2.45, 2.75) is 36.2 Å². The Kier molecular flexibility index (Phi) is 5.64. The molecule has 0 aromatic heterocycles. The van der Waals surface area contributed by atoms with Crippen LogP contribution in [-0.2, 0) is 19.6 Å². The topological polar surface area (TPSA) is 114 Å². The number of esters is 1. The molecular weight excluding hydrogens is 378 g/mol. The number of aliphatic imine (C=N–C) groups is 1. The monoisotopic (exact) mass is 397 g/mol. The summed E-state index contributed by atoms with van der Waals surface area (Å²) in [6, 6.07) is 5.54. The molecule has 1 atom stereocenters. The van der Waals surface area contributed by atoms with Crippen molar-refractivity contribution in [1.82, 2.24) is 10.0 Å². The summed E-state index contributed by atoms with van der Waals surface area (Å²) in [5.74, 6) is -0.132. The van der Waals surface area contributed by atoms with Crippen molar-refractivity contribution in [2.75, 3.05) is 12.9 Å². The molecule has 0 bridgehead atoms. The van der Waals surface area contributed by atoms with Gasteiger partial charge in [0.1, 0.15) is 0 Å². The van der Waals surface area contributed by atoms with Gasteiger partial charge in [-0.3, -0.25) is 14.6 Å². The summed E-state index contributed by atoms with van der Waals surface area (Å²) in [4.78, 5) is 27.9. The molecule has 2 aliphatic rings. The van der Waals surface area contributed by atoms with Crippen LogP contribution in [0.1, 0.15) is 29.6 Å². The number of rotatable bonds is 6. The number of ether oxygens (including phenoxy) is 1. The van der Waals surface area contributed by atoms with E-state index in [-0.39, 0.29) is 35.3 Å². The van der Waals surface area contributed by atoms with Crippen molar-refractivity contribution in [2.24, 2.45) is 4.99 Å². The molecule has 26 heavy (non-hydrogen) atoms. The molecule has 140 valence electrons. The number of nitrogens with one attached hydrogen (secondary N) is 2. The highest BCUT2D eigenvalue weighted by molar-refractivity contribution is 8.14. The molecule has 1 aliphatic heterocycles. The van der Waals surface area contributed by atoms with Crippen LogP contribution >= 0.6 is 11.8 Å². The predicted octanol–water partition coefficient (Wildman–Crippen LogP) is 0.892. The van der Waals surface area contributed by atoms with Crippen molar-refractivity contribution in [1.29, 1.82) is 0 Å². The number of amidine groups is 1. The van der Waals surface area contributed by atoms with Crippen molar-refractivity contribution in [3.05, 3.63) is 29.8 Å². The van der Waals surface area contributed by atoms with Crippen molar-refractivity contribution >= 4 is 38.8 Å². The SMILES string of the molecule is COC(=O)CC1CSC(NC(=O)c2ccc(S(=O)(=O)NC3CC3)cc2)=N1. The first-order valence-corrected chi connectivity index (χ1v) is 10.6. The van der Waals surface area contributed by atoms with Gasteiger partial charge in [-0.05, 0) is 37.1 Å². The number of hydrogen-bond acceptors (Lipinski definition) is 7. The predicted molar refractivity (Wildman–Crippen MR) is 97.6 cm³/mol. The van der Waals surface area contributed by atoms with Crippen LogP contribution in [0.3, 0.4) is 0 Å². The van der Waals surface area contributed by atoms with E-state index in [0.29, 0.717) is 16.5 Å². The molecule has 1 amide bonds. The van der Waals surface area contributed by atoms with E-state index in [0.717, 1.165) is 12.8 Å². The molecule has 1 heterocycles. The molecule has 8 nitrogen and oxygen atoms in total. The Balaban J connectivity index is 1.60. The number of benzene rings is 1. The van der Waals surface area contributed by atoms with Gasteiger partial charge in [-0.2, -0.15) is 0 Å². The highest BCUT2D eigenvalue weighted by atomic mass is 32.2. The third-order valence-electron chi connectivity index (χ3n) is 3.89. The van der Waals surface area contributed by atoms with Crippen LogP contribution in [-0.4, -0.2) is 50.4 Å². The quantitative estimate of drug-likeness (QED) is 0.689. The van der Waals surface area contributed by atoms with E-state index in [9.17, 15) is 18.0 Å². The molecule has 1 aromatic carbocycles. The second kappa shape index (κ2) is 7.77. The van der Waals surface area contributed by atoms with Crippen LogP contribution in [0, 0.1) is 0 Å². The second-order valence-corrected chi connectivity index (χ2v) is 8.78. The Labute approximate surface area is 155 Å². The van der Waals surface area contributed by atoms with Crippen molar-refractivity contribution in [3.8, 4) is 0 Å². The maximum absolute atomic E-state index is 12.3. The van der Waals surface area contributed by atoms with Crippen LogP contribution < -0.4 is 10.0 Å². The Hall–Kier alpha value is -1.91. The van der Waals surface area contributed by atoms with E-state index < -0.39 is 10.0 Å². The molecular formula is C16H19N3O5S2. The van der Waals surface area contributed by atoms with Crippen LogP contribution in [0.15, 0.2) is 34.2 Å². The summed E-state index contributed by atoms with van der Waals surface area (Å²) < 4.78 is 31.4. The first-order chi connectivity index (χ1) is 12.4. The fourth-order valence-corrected chi connectivity index (χ4v) is 4.54. The molecule has 0 spiro atoms. The summed E-state index contributed by atoms with van der Waals surface area (Å²) in [7, 11) is -2.22. The average Bonchev–Trinajstić information content (AvgIpc) is 3.31. The zero-order valence-electron chi connectivity index (χ0n) is 14.1. The Morgan fingerprint density at radius 2 is 1.96 bits per heavy atom. The minimum Gasteiger partial charge on any atom is -0.469 e. The van der Waals surface area contributed by atoms with Gasteiger partial charge in [0.05, 0.1) is 24.5 Å². The molecule has 1 aromatic rings. The number of carbonyl (C=O) groups excluding carboxylic acids is 2. The third-order valence-corrected chi connectivity index (χ3v) is 6.46. The van der Waals surface area contributed by atoms with Gasteiger partial charge in [0.15, 0.2) is 5.17 Å². The van der Waals surface area contributed by atoms with Gasteiger partial charge in [0.25, 0.3) is 5.91 Å². The molecule has 0 saturated heterocycles. The van der Waals surface area contributed by atoms with Gasteiger partial charge in [-0.1, -0.05) is 11.8 Å². The molecule has 1 saturated carbocycles. The fourth-order valence-electron chi connectivity index (χ4n) is 2.31. The summed E-state index contributed by atoms with van der Waals surface area (Å²) in [5, 5.41) is 3.11. The number of amides is 1. The standard InChI is InChI=1S/C16H19N3O5S2/c1-24-14(20)8-12-9-25-16(17-12)18-15(21)10-2-6-13(7-3-10)26(22,23)19-11-4-5-11/h2-3,6-7,11-12,19H,4-5,8-9H2,1H3,(H,17,18,21). The lowest BCUT2D eigenvalue weighted by molar-refractivity contribution is -0.140. The maximum Gasteiger partial charge on any atom is 0.307 e. The Bertz CT molecular complexity index is 832. The van der Waals surface area contributed by atoms with Crippen LogP contribution in [0.5, 0.6) is 0 Å². The van der Waals surface area contributed by atoms with Gasteiger partial charge in [0.2, 0.25) is 10.0 Å². The molecule has 0 radical (unpaired) electrons. The summed E-state index contributed by atoms with van der Waals surface area (Å²) in [5.41, 5.74) is 0.329. The van der Waals surface area contributed by atoms with Crippen LogP contribution in [0.25, 0.3) is 0 Å². The van der Waals surface area contributed by atoms with Gasteiger partial charge in [-0.15, -0.1) is 0 Å². The first kappa shape index (κ1) is 18.9. The highest BCUT2D eigenvalue weighted by Crippen LogP contribution is 2.22. The van der Waals surface area contributed by atoms with E-state index in [1.807, 2.05) is 0 Å². The van der Waals surface area contributed by atoms with E-state index in [4.69, 9.17) is 0 Å². The normalized spacial score (nSPS) is 19.7. The molecule has 2 N–H and O–H groups in total. The minimum absolute atomic E-state index is 0.0262. The minimum atomic E-state index is -3.54. The van der Waals surface area contributed by atoms with Crippen molar-refractivity contribution in [3.63, 3.8) is 0 Å². The molecule has 10 heteroatoms. The first-order valence-electron chi connectivity index (χ1n) is 8.08. The number of carbonyl (C=O) groups is 2. The van der Waals surface area contributed by atoms with E-state index >= 15 is 0 Å². The summed E-state index contributed by atoms with van der Waals surface area (Å²) in [6.45, 7) is 0. The highest BCUT2D eigenvalue weighted by Gasteiger charge is 2.28. The van der Waals surface area contributed by atoms with Crippen molar-refractivity contribution < 1.29 is 22.7 Å². The number of thioether (sulfide) groups is 1. The third kappa shape index (κ3) is 4.83. The Morgan fingerprint density at radius 3 is 2.58 bits per heavy atom. The van der Waals surface area contributed by atoms with Crippen LogP contribution in [0.4, 0.5) is 0 Å². The molecule has 3 rings (SSSR count). The summed E-state index contributed by atoms with van der Waals surface area (Å²) in [6.07, 6.45) is 1.89. The number of nitrogens with zero attached hydrogens (tertiary/aromatic N) is 1. The van der Waals surface area contributed by atoms with Gasteiger partial charge in [0, 0.05) is 17.4 Å². The molecule has 1 aliphatic carbocycles. The Morgan fingerprint density at radius 1 is 1.27 bits per heavy atom. The fraction of sp³-hybridized carbons (Fsp3) is 0.438.